The number of alkyl halides is 3. The maximum absolute atomic E-state index is 13.2. The van der Waals surface area contributed by atoms with Gasteiger partial charge in [0.05, 0.1) is 5.39 Å². The summed E-state index contributed by atoms with van der Waals surface area (Å²) in [7, 11) is 0. The minimum absolute atomic E-state index is 0.00628. The fourth-order valence-electron chi connectivity index (χ4n) is 2.59. The lowest BCUT2D eigenvalue weighted by Gasteiger charge is -2.40. The predicted octanol–water partition coefficient (Wildman–Crippen LogP) is 1.93. The van der Waals surface area contributed by atoms with Gasteiger partial charge < -0.3 is 15.2 Å². The van der Waals surface area contributed by atoms with Crippen LogP contribution in [0.4, 0.5) is 13.2 Å². The van der Waals surface area contributed by atoms with E-state index in [0.717, 1.165) is 17.0 Å². The molecule has 22 heavy (non-hydrogen) atoms. The van der Waals surface area contributed by atoms with Crippen LogP contribution in [0.1, 0.15) is 5.69 Å². The molecule has 1 aliphatic heterocycles. The smallest absolute Gasteiger partial charge is 0.370 e. The van der Waals surface area contributed by atoms with Crippen LogP contribution in [0.15, 0.2) is 12.4 Å². The molecule has 3 rings (SSSR count). The molecule has 0 aromatic carbocycles. The highest BCUT2D eigenvalue weighted by Gasteiger charge is 2.38. The molecule has 10 heteroatoms. The van der Waals surface area contributed by atoms with Crippen LogP contribution in [0.5, 0.6) is 0 Å². The van der Waals surface area contributed by atoms with Crippen LogP contribution >= 0.6 is 11.6 Å². The number of aromatic nitrogens is 3. The van der Waals surface area contributed by atoms with Gasteiger partial charge in [0.1, 0.15) is 22.8 Å². The Bertz CT molecular complexity index is 734. The van der Waals surface area contributed by atoms with Crippen LogP contribution in [0.25, 0.3) is 11.0 Å². The molecule has 0 atom stereocenters. The molecule has 0 aliphatic carbocycles. The second-order valence-electron chi connectivity index (χ2n) is 5.20. The molecule has 1 fully saturated rings. The van der Waals surface area contributed by atoms with E-state index in [1.165, 1.54) is 0 Å². The number of rotatable bonds is 2. The van der Waals surface area contributed by atoms with Crippen molar-refractivity contribution in [2.75, 3.05) is 13.1 Å². The standard InChI is InChI=1S/C12H12ClF3N6/c13-9-7-1-8(12(14,15)16)22(10(7)20-5-19-9)4-6-2-21(3-6)11(17)18/h1,5-6H,2-4H2,(H3,17,18). The average molecular weight is 333 g/mol. The van der Waals surface area contributed by atoms with Gasteiger partial charge in [-0.2, -0.15) is 13.2 Å². The van der Waals surface area contributed by atoms with E-state index in [1.54, 1.807) is 4.90 Å². The number of guanidine groups is 1. The number of nitrogens with zero attached hydrogens (tertiary/aromatic N) is 4. The molecule has 3 N–H and O–H groups in total. The summed E-state index contributed by atoms with van der Waals surface area (Å²) in [5.74, 6) is -0.107. The van der Waals surface area contributed by atoms with E-state index in [1.807, 2.05) is 0 Å². The Kier molecular flexibility index (Phi) is 3.39. The number of nitrogens with one attached hydrogen (secondary N) is 1. The van der Waals surface area contributed by atoms with Crippen molar-refractivity contribution in [2.45, 2.75) is 12.7 Å². The van der Waals surface area contributed by atoms with Crippen LogP contribution in [0.3, 0.4) is 0 Å². The van der Waals surface area contributed by atoms with Crippen LogP contribution in [0, 0.1) is 11.3 Å². The second-order valence-corrected chi connectivity index (χ2v) is 5.55. The number of hydrogen-bond donors (Lipinski definition) is 2. The molecule has 1 saturated heterocycles. The van der Waals surface area contributed by atoms with Crippen molar-refractivity contribution < 1.29 is 13.2 Å². The first-order valence-electron chi connectivity index (χ1n) is 6.43. The zero-order chi connectivity index (χ0) is 16.1. The van der Waals surface area contributed by atoms with E-state index in [0.29, 0.717) is 13.1 Å². The molecule has 2 aromatic heterocycles. The SMILES string of the molecule is N=C(N)N1CC(Cn2c(C(F)(F)F)cc3c(Cl)ncnc32)C1. The Labute approximate surface area is 128 Å². The highest BCUT2D eigenvalue weighted by molar-refractivity contribution is 6.33. The summed E-state index contributed by atoms with van der Waals surface area (Å²) in [5.41, 5.74) is 4.69. The van der Waals surface area contributed by atoms with Gasteiger partial charge in [0, 0.05) is 25.6 Å². The Morgan fingerprint density at radius 2 is 2.09 bits per heavy atom. The molecule has 0 amide bonds. The lowest BCUT2D eigenvalue weighted by molar-refractivity contribution is -0.143. The van der Waals surface area contributed by atoms with E-state index in [-0.39, 0.29) is 34.6 Å². The number of likely N-dealkylation sites (tertiary alicyclic amines) is 1. The molecule has 0 saturated carbocycles. The first kappa shape index (κ1) is 14.9. The number of fused-ring (bicyclic) bond motifs is 1. The van der Waals surface area contributed by atoms with Gasteiger partial charge in [-0.15, -0.1) is 0 Å². The molecular weight excluding hydrogens is 321 g/mol. The largest absolute Gasteiger partial charge is 0.431 e. The van der Waals surface area contributed by atoms with Gasteiger partial charge in [0.2, 0.25) is 0 Å². The minimum atomic E-state index is -4.51. The zero-order valence-corrected chi connectivity index (χ0v) is 12.0. The van der Waals surface area contributed by atoms with E-state index in [2.05, 4.69) is 9.97 Å². The molecule has 2 aromatic rings. The monoisotopic (exact) mass is 332 g/mol. The van der Waals surface area contributed by atoms with Crippen molar-refractivity contribution in [3.8, 4) is 0 Å². The molecule has 1 aliphatic rings. The first-order chi connectivity index (χ1) is 10.3. The number of hydrogen-bond acceptors (Lipinski definition) is 3. The van der Waals surface area contributed by atoms with E-state index >= 15 is 0 Å². The van der Waals surface area contributed by atoms with Gasteiger partial charge in [-0.3, -0.25) is 5.41 Å². The highest BCUT2D eigenvalue weighted by atomic mass is 35.5. The Balaban J connectivity index is 1.97. The molecule has 0 bridgehead atoms. The fraction of sp³-hybridized carbons (Fsp3) is 0.417. The van der Waals surface area contributed by atoms with Crippen LogP contribution in [-0.4, -0.2) is 38.5 Å². The maximum atomic E-state index is 13.2. The normalized spacial score (nSPS) is 16.1. The summed E-state index contributed by atoms with van der Waals surface area (Å²) in [4.78, 5) is 9.23. The van der Waals surface area contributed by atoms with Crippen LogP contribution in [0.2, 0.25) is 5.15 Å². The molecule has 6 nitrogen and oxygen atoms in total. The van der Waals surface area contributed by atoms with Gasteiger partial charge in [0.15, 0.2) is 5.96 Å². The Hall–Kier alpha value is -2.03. The number of halogens is 4. The number of nitrogens with two attached hydrogens (primary N) is 1. The summed E-state index contributed by atoms with van der Waals surface area (Å²) in [5, 5.41) is 7.44. The van der Waals surface area contributed by atoms with Crippen molar-refractivity contribution in [3.05, 3.63) is 23.2 Å². The van der Waals surface area contributed by atoms with Crippen molar-refractivity contribution >= 4 is 28.6 Å². The minimum Gasteiger partial charge on any atom is -0.370 e. The molecular formula is C12H12ClF3N6. The van der Waals surface area contributed by atoms with Gasteiger partial charge in [-0.25, -0.2) is 9.97 Å². The summed E-state index contributed by atoms with van der Waals surface area (Å²) in [6, 6.07) is 0.971. The Morgan fingerprint density at radius 1 is 1.41 bits per heavy atom. The zero-order valence-electron chi connectivity index (χ0n) is 11.2. The molecule has 118 valence electrons. The summed E-state index contributed by atoms with van der Waals surface area (Å²) >= 11 is 5.86. The average Bonchev–Trinajstić information content (AvgIpc) is 2.73. The fourth-order valence-corrected chi connectivity index (χ4v) is 2.78. The van der Waals surface area contributed by atoms with Crippen molar-refractivity contribution in [2.24, 2.45) is 11.7 Å². The lowest BCUT2D eigenvalue weighted by Crippen LogP contribution is -2.53. The predicted molar refractivity (Wildman–Crippen MR) is 74.5 cm³/mol. The molecule has 0 radical (unpaired) electrons. The molecule has 0 spiro atoms. The third-order valence-electron chi connectivity index (χ3n) is 3.67. The third-order valence-corrected chi connectivity index (χ3v) is 3.97. The van der Waals surface area contributed by atoms with E-state index < -0.39 is 11.9 Å². The summed E-state index contributed by atoms with van der Waals surface area (Å²) in [6.45, 7) is 1.03. The maximum Gasteiger partial charge on any atom is 0.431 e. The highest BCUT2D eigenvalue weighted by Crippen LogP contribution is 2.36. The second kappa shape index (κ2) is 5.01. The third kappa shape index (κ3) is 2.45. The van der Waals surface area contributed by atoms with Crippen LogP contribution in [-0.2, 0) is 12.7 Å². The lowest BCUT2D eigenvalue weighted by atomic mass is 10.0. The van der Waals surface area contributed by atoms with E-state index in [4.69, 9.17) is 22.7 Å². The molecule has 0 unspecified atom stereocenters. The van der Waals surface area contributed by atoms with Crippen molar-refractivity contribution in [1.29, 1.82) is 5.41 Å². The van der Waals surface area contributed by atoms with Crippen molar-refractivity contribution in [3.63, 3.8) is 0 Å². The quantitative estimate of drug-likeness (QED) is 0.500. The van der Waals surface area contributed by atoms with Crippen LogP contribution < -0.4 is 5.73 Å². The summed E-state index contributed by atoms with van der Waals surface area (Å²) in [6.07, 6.45) is -3.36. The first-order valence-corrected chi connectivity index (χ1v) is 6.81. The van der Waals surface area contributed by atoms with E-state index in [9.17, 15) is 13.2 Å². The van der Waals surface area contributed by atoms with Gasteiger partial charge in [-0.05, 0) is 6.07 Å². The molecule has 3 heterocycles. The van der Waals surface area contributed by atoms with Crippen molar-refractivity contribution in [1.82, 2.24) is 19.4 Å². The van der Waals surface area contributed by atoms with Gasteiger partial charge >= 0.3 is 6.18 Å². The van der Waals surface area contributed by atoms with Gasteiger partial charge in [-0.1, -0.05) is 11.6 Å². The topological polar surface area (TPSA) is 83.8 Å². The van der Waals surface area contributed by atoms with Gasteiger partial charge in [0.25, 0.3) is 0 Å². The Morgan fingerprint density at radius 3 is 2.68 bits per heavy atom. The summed E-state index contributed by atoms with van der Waals surface area (Å²) < 4.78 is 40.8.